The molecule has 1 N–H and O–H groups in total. The number of aliphatic carboxylic acids is 1. The molecule has 0 aliphatic heterocycles. The second-order valence-corrected chi connectivity index (χ2v) is 5.38. The zero-order valence-corrected chi connectivity index (χ0v) is 11.7. The van der Waals surface area contributed by atoms with Crippen LogP contribution in [0, 0.1) is 5.92 Å². The van der Waals surface area contributed by atoms with Gasteiger partial charge < -0.3 is 5.11 Å². The SMILES string of the molecule is CC(=CC(=O)O)CCCCCCCCC(C)C. The third kappa shape index (κ3) is 13.1. The first-order valence-electron chi connectivity index (χ1n) is 6.92. The van der Waals surface area contributed by atoms with Gasteiger partial charge in [-0.3, -0.25) is 0 Å². The van der Waals surface area contributed by atoms with Crippen LogP contribution >= 0.6 is 0 Å². The lowest BCUT2D eigenvalue weighted by atomic mass is 10.0. The number of carboxylic acids is 1. The lowest BCUT2D eigenvalue weighted by molar-refractivity contribution is -0.131. The zero-order valence-electron chi connectivity index (χ0n) is 11.7. The summed E-state index contributed by atoms with van der Waals surface area (Å²) in [5.74, 6) is 0.00925. The van der Waals surface area contributed by atoms with Crippen molar-refractivity contribution in [2.24, 2.45) is 5.92 Å². The van der Waals surface area contributed by atoms with Crippen LogP contribution in [0.2, 0.25) is 0 Å². The second-order valence-electron chi connectivity index (χ2n) is 5.38. The van der Waals surface area contributed by atoms with E-state index in [0.717, 1.165) is 24.3 Å². The lowest BCUT2D eigenvalue weighted by Crippen LogP contribution is -1.90. The van der Waals surface area contributed by atoms with Gasteiger partial charge in [-0.2, -0.15) is 0 Å². The van der Waals surface area contributed by atoms with Crippen molar-refractivity contribution in [1.82, 2.24) is 0 Å². The van der Waals surface area contributed by atoms with Crippen LogP contribution in [0.1, 0.15) is 72.1 Å². The molecule has 0 aliphatic rings. The summed E-state index contributed by atoms with van der Waals surface area (Å²) in [7, 11) is 0. The van der Waals surface area contributed by atoms with Gasteiger partial charge in [-0.1, -0.05) is 57.9 Å². The monoisotopic (exact) mass is 240 g/mol. The van der Waals surface area contributed by atoms with E-state index in [1.54, 1.807) is 0 Å². The van der Waals surface area contributed by atoms with Crippen molar-refractivity contribution >= 4 is 5.97 Å². The van der Waals surface area contributed by atoms with Crippen molar-refractivity contribution in [3.8, 4) is 0 Å². The summed E-state index contributed by atoms with van der Waals surface area (Å²) in [6.45, 7) is 6.45. The fraction of sp³-hybridized carbons (Fsp3) is 0.800. The number of rotatable bonds is 10. The number of hydrogen-bond acceptors (Lipinski definition) is 1. The number of hydrogen-bond donors (Lipinski definition) is 1. The molecule has 0 saturated carbocycles. The Balaban J connectivity index is 3.27. The molecule has 0 amide bonds. The Morgan fingerprint density at radius 2 is 1.59 bits per heavy atom. The van der Waals surface area contributed by atoms with Crippen LogP contribution in [0.5, 0.6) is 0 Å². The Morgan fingerprint density at radius 3 is 2.12 bits per heavy atom. The van der Waals surface area contributed by atoms with Gasteiger partial charge in [-0.25, -0.2) is 4.79 Å². The fourth-order valence-electron chi connectivity index (χ4n) is 1.95. The van der Waals surface area contributed by atoms with Crippen LogP contribution in [-0.4, -0.2) is 11.1 Å². The Kier molecular flexibility index (Phi) is 9.89. The maximum Gasteiger partial charge on any atom is 0.328 e. The highest BCUT2D eigenvalue weighted by atomic mass is 16.4. The van der Waals surface area contributed by atoms with Crippen LogP contribution in [0.15, 0.2) is 11.6 Å². The molecule has 2 heteroatoms. The van der Waals surface area contributed by atoms with Gasteiger partial charge in [0.05, 0.1) is 0 Å². The van der Waals surface area contributed by atoms with Crippen molar-refractivity contribution in [1.29, 1.82) is 0 Å². The molecule has 2 nitrogen and oxygen atoms in total. The van der Waals surface area contributed by atoms with E-state index < -0.39 is 5.97 Å². The molecule has 0 atom stereocenters. The number of carboxylic acid groups (broad SMARTS) is 1. The Hall–Kier alpha value is -0.790. The average molecular weight is 240 g/mol. The third-order valence-corrected chi connectivity index (χ3v) is 2.97. The normalized spacial score (nSPS) is 12.1. The largest absolute Gasteiger partial charge is 0.478 e. The van der Waals surface area contributed by atoms with Crippen LogP contribution in [0.3, 0.4) is 0 Å². The molecule has 17 heavy (non-hydrogen) atoms. The summed E-state index contributed by atoms with van der Waals surface area (Å²) >= 11 is 0. The molecule has 0 saturated heterocycles. The smallest absolute Gasteiger partial charge is 0.328 e. The van der Waals surface area contributed by atoms with Gasteiger partial charge in [-0.05, 0) is 25.7 Å². The molecular formula is C15H28O2. The van der Waals surface area contributed by atoms with Gasteiger partial charge in [-0.15, -0.1) is 0 Å². The first kappa shape index (κ1) is 16.2. The van der Waals surface area contributed by atoms with Crippen molar-refractivity contribution < 1.29 is 9.90 Å². The lowest BCUT2D eigenvalue weighted by Gasteiger charge is -2.04. The van der Waals surface area contributed by atoms with E-state index in [0.29, 0.717) is 0 Å². The van der Waals surface area contributed by atoms with Crippen molar-refractivity contribution in [3.05, 3.63) is 11.6 Å². The first-order valence-corrected chi connectivity index (χ1v) is 6.92. The highest BCUT2D eigenvalue weighted by molar-refractivity contribution is 5.80. The van der Waals surface area contributed by atoms with Crippen molar-refractivity contribution in [3.63, 3.8) is 0 Å². The molecule has 0 radical (unpaired) electrons. The highest BCUT2D eigenvalue weighted by Gasteiger charge is 1.97. The average Bonchev–Trinajstić information content (AvgIpc) is 2.20. The van der Waals surface area contributed by atoms with Gasteiger partial charge in [0.15, 0.2) is 0 Å². The molecule has 0 heterocycles. The molecule has 0 aromatic rings. The van der Waals surface area contributed by atoms with Crippen LogP contribution < -0.4 is 0 Å². The highest BCUT2D eigenvalue weighted by Crippen LogP contribution is 2.13. The molecule has 0 aliphatic carbocycles. The van der Waals surface area contributed by atoms with Gasteiger partial charge in [0.2, 0.25) is 0 Å². The van der Waals surface area contributed by atoms with Crippen LogP contribution in [0.4, 0.5) is 0 Å². The topological polar surface area (TPSA) is 37.3 Å². The Morgan fingerprint density at radius 1 is 1.06 bits per heavy atom. The Bertz CT molecular complexity index is 229. The number of allylic oxidation sites excluding steroid dienone is 1. The molecule has 0 spiro atoms. The maximum absolute atomic E-state index is 10.4. The summed E-state index contributed by atoms with van der Waals surface area (Å²) in [6, 6.07) is 0. The van der Waals surface area contributed by atoms with Crippen LogP contribution in [-0.2, 0) is 4.79 Å². The summed E-state index contributed by atoms with van der Waals surface area (Å²) < 4.78 is 0. The minimum absolute atomic E-state index is 0.823. The van der Waals surface area contributed by atoms with Crippen LogP contribution in [0.25, 0.3) is 0 Å². The van der Waals surface area contributed by atoms with E-state index in [1.807, 2.05) is 6.92 Å². The molecule has 0 fully saturated rings. The van der Waals surface area contributed by atoms with Gasteiger partial charge in [0.25, 0.3) is 0 Å². The molecule has 0 rings (SSSR count). The maximum atomic E-state index is 10.4. The predicted octanol–water partition coefficient (Wildman–Crippen LogP) is 4.79. The van der Waals surface area contributed by atoms with E-state index in [-0.39, 0.29) is 0 Å². The number of unbranched alkanes of at least 4 members (excludes halogenated alkanes) is 5. The standard InChI is InChI=1S/C15H28O2/c1-13(2)10-8-6-4-5-7-9-11-14(3)12-15(16)17/h12-13H,4-11H2,1-3H3,(H,16,17). The van der Waals surface area contributed by atoms with E-state index in [4.69, 9.17) is 5.11 Å². The molecule has 0 bridgehead atoms. The van der Waals surface area contributed by atoms with Gasteiger partial charge >= 0.3 is 5.97 Å². The fourth-order valence-corrected chi connectivity index (χ4v) is 1.95. The summed E-state index contributed by atoms with van der Waals surface area (Å²) in [4.78, 5) is 10.4. The number of carbonyl (C=O) groups is 1. The summed E-state index contributed by atoms with van der Waals surface area (Å²) in [5, 5.41) is 8.55. The molecule has 0 aromatic carbocycles. The quantitative estimate of drug-likeness (QED) is 0.440. The molecule has 0 aromatic heterocycles. The summed E-state index contributed by atoms with van der Waals surface area (Å²) in [5.41, 5.74) is 0.984. The molecule has 100 valence electrons. The molecule has 0 unspecified atom stereocenters. The van der Waals surface area contributed by atoms with E-state index in [2.05, 4.69) is 13.8 Å². The predicted molar refractivity (Wildman–Crippen MR) is 73.2 cm³/mol. The van der Waals surface area contributed by atoms with Gasteiger partial charge in [0, 0.05) is 6.08 Å². The van der Waals surface area contributed by atoms with Crippen molar-refractivity contribution in [2.45, 2.75) is 72.1 Å². The minimum atomic E-state index is -0.823. The first-order chi connectivity index (χ1) is 8.02. The Labute approximate surface area is 106 Å². The zero-order chi connectivity index (χ0) is 13.1. The van der Waals surface area contributed by atoms with E-state index >= 15 is 0 Å². The molecular weight excluding hydrogens is 212 g/mol. The van der Waals surface area contributed by atoms with Gasteiger partial charge in [0.1, 0.15) is 0 Å². The van der Waals surface area contributed by atoms with Crippen molar-refractivity contribution in [2.75, 3.05) is 0 Å². The van der Waals surface area contributed by atoms with E-state index in [1.165, 1.54) is 44.6 Å². The second kappa shape index (κ2) is 10.4. The summed E-state index contributed by atoms with van der Waals surface area (Å²) in [6.07, 6.45) is 11.3. The third-order valence-electron chi connectivity index (χ3n) is 2.97. The minimum Gasteiger partial charge on any atom is -0.478 e. The van der Waals surface area contributed by atoms with E-state index in [9.17, 15) is 4.79 Å².